The van der Waals surface area contributed by atoms with E-state index in [2.05, 4.69) is 0 Å². The molecule has 0 spiro atoms. The molecule has 1 aliphatic heterocycles. The lowest BCUT2D eigenvalue weighted by atomic mass is 9.64. The van der Waals surface area contributed by atoms with E-state index in [9.17, 15) is 18.4 Å². The molecule has 1 fully saturated rings. The number of carbonyl (C=O) groups is 2. The second-order valence-corrected chi connectivity index (χ2v) is 9.38. The molecule has 1 heterocycles. The van der Waals surface area contributed by atoms with Crippen LogP contribution in [0, 0.1) is 17.6 Å². The van der Waals surface area contributed by atoms with Crippen LogP contribution in [0.1, 0.15) is 27.9 Å². The number of carbonyl (C=O) groups excluding carboxylic acids is 2. The van der Waals surface area contributed by atoms with Crippen molar-refractivity contribution in [3.8, 4) is 0 Å². The summed E-state index contributed by atoms with van der Waals surface area (Å²) in [5, 5.41) is 0. The van der Waals surface area contributed by atoms with E-state index in [1.165, 1.54) is 12.1 Å². The van der Waals surface area contributed by atoms with E-state index in [1.54, 1.807) is 0 Å². The smallest absolute Gasteiger partial charge is 0.341 e. The molecule has 1 aliphatic rings. The van der Waals surface area contributed by atoms with Crippen molar-refractivity contribution in [3.63, 3.8) is 0 Å². The Kier molecular flexibility index (Phi) is 6.98. The average molecular weight is 480 g/mol. The molecule has 1 unspecified atom stereocenters. The fraction of sp³-hybridized carbons (Fsp3) is 0.286. The Morgan fingerprint density at radius 1 is 0.971 bits per heavy atom. The SMILES string of the molecule is C[N+]1(CCOC(=O)c2cccc(F)c2F)CC[C@@H](C(C(N)=O)(c2ccccc2)c2ccccc2)C1. The minimum Gasteiger partial charge on any atom is -0.456 e. The fourth-order valence-corrected chi connectivity index (χ4v) is 5.36. The summed E-state index contributed by atoms with van der Waals surface area (Å²) in [4.78, 5) is 25.5. The van der Waals surface area contributed by atoms with Crippen LogP contribution in [-0.2, 0) is 14.9 Å². The van der Waals surface area contributed by atoms with Gasteiger partial charge in [-0.15, -0.1) is 0 Å². The van der Waals surface area contributed by atoms with Gasteiger partial charge in [0, 0.05) is 12.3 Å². The number of primary amides is 1. The first-order valence-corrected chi connectivity index (χ1v) is 11.6. The van der Waals surface area contributed by atoms with Crippen LogP contribution in [0.2, 0.25) is 0 Å². The van der Waals surface area contributed by atoms with Crippen molar-refractivity contribution in [2.45, 2.75) is 11.8 Å². The number of ether oxygens (including phenoxy) is 1. The van der Waals surface area contributed by atoms with Gasteiger partial charge in [0.25, 0.3) is 0 Å². The zero-order valence-corrected chi connectivity index (χ0v) is 19.6. The van der Waals surface area contributed by atoms with Crippen molar-refractivity contribution < 1.29 is 27.6 Å². The molecule has 182 valence electrons. The molecule has 35 heavy (non-hydrogen) atoms. The Hall–Kier alpha value is -3.58. The van der Waals surface area contributed by atoms with Gasteiger partial charge < -0.3 is 15.0 Å². The number of likely N-dealkylation sites (N-methyl/N-ethyl adjacent to an activating group) is 1. The second-order valence-electron chi connectivity index (χ2n) is 9.38. The van der Waals surface area contributed by atoms with Gasteiger partial charge in [-0.1, -0.05) is 66.7 Å². The highest BCUT2D eigenvalue weighted by atomic mass is 19.2. The fourth-order valence-electron chi connectivity index (χ4n) is 5.36. The van der Waals surface area contributed by atoms with Crippen LogP contribution >= 0.6 is 0 Å². The van der Waals surface area contributed by atoms with Gasteiger partial charge in [-0.25, -0.2) is 13.6 Å². The highest BCUT2D eigenvalue weighted by Crippen LogP contribution is 2.44. The number of nitrogens with two attached hydrogens (primary N) is 1. The summed E-state index contributed by atoms with van der Waals surface area (Å²) in [5.41, 5.74) is 6.43. The maximum atomic E-state index is 13.9. The molecule has 1 amide bonds. The Labute approximate surface area is 203 Å². The number of benzene rings is 3. The standard InChI is InChI=1S/C28H28F2N2O3/c1-32(17-18-35-26(33)23-13-8-14-24(29)25(23)30)16-15-22(19-32)28(27(31)34,20-9-4-2-5-10-20)21-11-6-3-7-12-21/h2-14,22H,15-19H2,1H3,(H-,31,34)/p+1/t22-,32?/m1/s1. The van der Waals surface area contributed by atoms with E-state index in [-0.39, 0.29) is 12.5 Å². The van der Waals surface area contributed by atoms with Crippen molar-refractivity contribution in [3.05, 3.63) is 107 Å². The highest BCUT2D eigenvalue weighted by Gasteiger charge is 2.53. The quantitative estimate of drug-likeness (QED) is 0.391. The van der Waals surface area contributed by atoms with Crippen LogP contribution in [0.4, 0.5) is 8.78 Å². The first-order valence-electron chi connectivity index (χ1n) is 11.6. The molecule has 0 aliphatic carbocycles. The Balaban J connectivity index is 1.54. The van der Waals surface area contributed by atoms with Gasteiger partial charge in [0.2, 0.25) is 5.91 Å². The third-order valence-electron chi connectivity index (χ3n) is 7.17. The van der Waals surface area contributed by atoms with Crippen molar-refractivity contribution in [1.82, 2.24) is 0 Å². The number of hydrogen-bond acceptors (Lipinski definition) is 3. The Bertz CT molecular complexity index is 1160. The monoisotopic (exact) mass is 479 g/mol. The average Bonchev–Trinajstić information content (AvgIpc) is 3.24. The van der Waals surface area contributed by atoms with Gasteiger partial charge in [-0.2, -0.15) is 0 Å². The van der Waals surface area contributed by atoms with E-state index in [0.717, 1.165) is 30.2 Å². The normalized spacial score (nSPS) is 19.9. The number of esters is 1. The summed E-state index contributed by atoms with van der Waals surface area (Å²) in [6, 6.07) is 22.6. The number of halogens is 2. The summed E-state index contributed by atoms with van der Waals surface area (Å²) in [6.45, 7) is 1.90. The summed E-state index contributed by atoms with van der Waals surface area (Å²) >= 11 is 0. The number of rotatable bonds is 8. The third kappa shape index (κ3) is 4.68. The largest absolute Gasteiger partial charge is 0.456 e. The maximum absolute atomic E-state index is 13.9. The zero-order chi connectivity index (χ0) is 25.1. The molecule has 3 aromatic rings. The van der Waals surface area contributed by atoms with Gasteiger partial charge in [-0.3, -0.25) is 4.79 Å². The predicted molar refractivity (Wildman–Crippen MR) is 128 cm³/mol. The number of quaternary nitrogens is 1. The lowest BCUT2D eigenvalue weighted by Gasteiger charge is -2.38. The number of hydrogen-bond donors (Lipinski definition) is 1. The number of nitrogens with zero attached hydrogens (tertiary/aromatic N) is 1. The zero-order valence-electron chi connectivity index (χ0n) is 19.6. The molecule has 2 atom stereocenters. The summed E-state index contributed by atoms with van der Waals surface area (Å²) in [6.07, 6.45) is 0.746. The summed E-state index contributed by atoms with van der Waals surface area (Å²) < 4.78 is 33.2. The van der Waals surface area contributed by atoms with E-state index < -0.39 is 34.5 Å². The molecule has 0 radical (unpaired) electrons. The van der Waals surface area contributed by atoms with Crippen LogP contribution in [0.15, 0.2) is 78.9 Å². The van der Waals surface area contributed by atoms with E-state index >= 15 is 0 Å². The third-order valence-corrected chi connectivity index (χ3v) is 7.17. The lowest BCUT2D eigenvalue weighted by molar-refractivity contribution is -0.899. The van der Waals surface area contributed by atoms with Gasteiger partial charge in [-0.05, 0) is 23.3 Å². The summed E-state index contributed by atoms with van der Waals surface area (Å²) in [7, 11) is 2.04. The molecule has 4 rings (SSSR count). The minimum absolute atomic E-state index is 0.0399. The second kappa shape index (κ2) is 9.96. The highest BCUT2D eigenvalue weighted by molar-refractivity contribution is 5.91. The van der Waals surface area contributed by atoms with Gasteiger partial charge in [0.05, 0.1) is 25.7 Å². The topological polar surface area (TPSA) is 69.4 Å². The molecule has 0 bridgehead atoms. The maximum Gasteiger partial charge on any atom is 0.341 e. The predicted octanol–water partition coefficient (Wildman–Crippen LogP) is 4.06. The molecular formula is C28H29F2N2O3+. The van der Waals surface area contributed by atoms with Crippen LogP contribution in [0.5, 0.6) is 0 Å². The Morgan fingerprint density at radius 2 is 1.57 bits per heavy atom. The van der Waals surface area contributed by atoms with Crippen molar-refractivity contribution in [2.75, 3.05) is 33.3 Å². The van der Waals surface area contributed by atoms with Crippen molar-refractivity contribution in [2.24, 2.45) is 11.7 Å². The molecular weight excluding hydrogens is 450 g/mol. The lowest BCUT2D eigenvalue weighted by Crippen LogP contribution is -2.51. The van der Waals surface area contributed by atoms with Gasteiger partial charge in [0.15, 0.2) is 11.6 Å². The molecule has 1 saturated heterocycles. The summed E-state index contributed by atoms with van der Waals surface area (Å²) in [5.74, 6) is -3.68. The minimum atomic E-state index is -1.21. The van der Waals surface area contributed by atoms with Gasteiger partial charge in [0.1, 0.15) is 18.6 Å². The molecule has 2 N–H and O–H groups in total. The number of likely N-dealkylation sites (tertiary alicyclic amines) is 1. The van der Waals surface area contributed by atoms with Crippen LogP contribution in [0.3, 0.4) is 0 Å². The molecule has 3 aromatic carbocycles. The van der Waals surface area contributed by atoms with Crippen LogP contribution in [0.25, 0.3) is 0 Å². The van der Waals surface area contributed by atoms with Crippen molar-refractivity contribution >= 4 is 11.9 Å². The van der Waals surface area contributed by atoms with Crippen LogP contribution in [-0.4, -0.2) is 49.6 Å². The van der Waals surface area contributed by atoms with E-state index in [0.29, 0.717) is 17.6 Å². The Morgan fingerprint density at radius 3 is 2.14 bits per heavy atom. The van der Waals surface area contributed by atoms with Crippen molar-refractivity contribution in [1.29, 1.82) is 0 Å². The molecule has 7 heteroatoms. The van der Waals surface area contributed by atoms with Gasteiger partial charge >= 0.3 is 5.97 Å². The molecule has 5 nitrogen and oxygen atoms in total. The van der Waals surface area contributed by atoms with E-state index in [1.807, 2.05) is 67.7 Å². The number of amides is 1. The van der Waals surface area contributed by atoms with Crippen LogP contribution < -0.4 is 5.73 Å². The first-order chi connectivity index (χ1) is 16.8. The molecule has 0 aromatic heterocycles. The van der Waals surface area contributed by atoms with E-state index in [4.69, 9.17) is 10.5 Å². The first kappa shape index (κ1) is 24.5. The molecule has 0 saturated carbocycles.